The van der Waals surface area contributed by atoms with Crippen LogP contribution in [0.2, 0.25) is 5.02 Å². The molecule has 0 fully saturated rings. The first-order valence-electron chi connectivity index (χ1n) is 7.49. The van der Waals surface area contributed by atoms with Gasteiger partial charge in [-0.2, -0.15) is 0 Å². The van der Waals surface area contributed by atoms with Crippen LogP contribution >= 0.6 is 11.6 Å². The lowest BCUT2D eigenvalue weighted by Gasteiger charge is -2.10. The van der Waals surface area contributed by atoms with Crippen LogP contribution in [0.1, 0.15) is 0 Å². The number of fused-ring (bicyclic) bond motifs is 1. The summed E-state index contributed by atoms with van der Waals surface area (Å²) in [5, 5.41) is 3.12. The number of nitrogens with one attached hydrogen (secondary N) is 1. The fourth-order valence-electron chi connectivity index (χ4n) is 2.39. The topological polar surface area (TPSA) is 98.1 Å². The molecular formula is C17H14ClN3O4S. The maximum atomic E-state index is 12.4. The van der Waals surface area contributed by atoms with Crippen LogP contribution in [0, 0.1) is 0 Å². The molecule has 3 rings (SSSR count). The van der Waals surface area contributed by atoms with E-state index in [4.69, 9.17) is 11.6 Å². The molecule has 0 aliphatic rings. The van der Waals surface area contributed by atoms with Crippen molar-refractivity contribution in [1.29, 1.82) is 0 Å². The first-order valence-corrected chi connectivity index (χ1v) is 9.76. The number of benzene rings is 2. The number of para-hydroxylation sites is 1. The number of hydrogen-bond donors (Lipinski definition) is 1. The predicted octanol–water partition coefficient (Wildman–Crippen LogP) is 2.09. The number of nitrogens with zero attached hydrogens (tertiary/aromatic N) is 2. The molecular weight excluding hydrogens is 378 g/mol. The van der Waals surface area contributed by atoms with Crippen LogP contribution in [-0.2, 0) is 21.2 Å². The maximum Gasteiger partial charge on any atom is 0.261 e. The zero-order valence-corrected chi connectivity index (χ0v) is 15.2. The van der Waals surface area contributed by atoms with Crippen LogP contribution in [0.25, 0.3) is 10.9 Å². The summed E-state index contributed by atoms with van der Waals surface area (Å²) >= 11 is 6.01. The quantitative estimate of drug-likeness (QED) is 0.734. The van der Waals surface area contributed by atoms with Crippen LogP contribution in [0.5, 0.6) is 0 Å². The van der Waals surface area contributed by atoms with E-state index >= 15 is 0 Å². The molecule has 0 unspecified atom stereocenters. The summed E-state index contributed by atoms with van der Waals surface area (Å²) in [6.45, 7) is -0.282. The lowest BCUT2D eigenvalue weighted by Crippen LogP contribution is -2.28. The van der Waals surface area contributed by atoms with E-state index in [0.29, 0.717) is 10.9 Å². The number of carbonyl (C=O) groups excluding carboxylic acids is 1. The average molecular weight is 392 g/mol. The van der Waals surface area contributed by atoms with Crippen LogP contribution in [0.3, 0.4) is 0 Å². The third-order valence-electron chi connectivity index (χ3n) is 3.69. The maximum absolute atomic E-state index is 12.4. The SMILES string of the molecule is CS(=O)(=O)c1ccc(Cl)c(NC(=O)Cn2cnc3ccccc3c2=O)c1. The molecule has 1 N–H and O–H groups in total. The Morgan fingerprint density at radius 1 is 1.23 bits per heavy atom. The van der Waals surface area contributed by atoms with Gasteiger partial charge in [0.05, 0.1) is 32.8 Å². The zero-order chi connectivity index (χ0) is 18.9. The Labute approximate surface area is 154 Å². The summed E-state index contributed by atoms with van der Waals surface area (Å²) in [6.07, 6.45) is 2.35. The average Bonchev–Trinajstić information content (AvgIpc) is 2.58. The molecule has 0 bridgehead atoms. The van der Waals surface area contributed by atoms with Gasteiger partial charge >= 0.3 is 0 Å². The lowest BCUT2D eigenvalue weighted by molar-refractivity contribution is -0.116. The Hall–Kier alpha value is -2.71. The second-order valence-corrected chi connectivity index (χ2v) is 8.08. The molecule has 0 radical (unpaired) electrons. The van der Waals surface area contributed by atoms with E-state index in [9.17, 15) is 18.0 Å². The minimum atomic E-state index is -3.44. The van der Waals surface area contributed by atoms with E-state index in [-0.39, 0.29) is 27.7 Å². The molecule has 9 heteroatoms. The van der Waals surface area contributed by atoms with Crippen molar-refractivity contribution in [3.8, 4) is 0 Å². The van der Waals surface area contributed by atoms with Crippen LogP contribution in [0.4, 0.5) is 5.69 Å². The zero-order valence-electron chi connectivity index (χ0n) is 13.6. The highest BCUT2D eigenvalue weighted by Gasteiger charge is 2.13. The normalized spacial score (nSPS) is 11.5. The van der Waals surface area contributed by atoms with Gasteiger partial charge in [0.15, 0.2) is 9.84 Å². The third kappa shape index (κ3) is 3.76. The molecule has 0 saturated heterocycles. The lowest BCUT2D eigenvalue weighted by atomic mass is 10.2. The first kappa shape index (κ1) is 18.1. The Morgan fingerprint density at radius 2 is 1.96 bits per heavy atom. The van der Waals surface area contributed by atoms with Crippen molar-refractivity contribution in [2.75, 3.05) is 11.6 Å². The van der Waals surface area contributed by atoms with Gasteiger partial charge in [0.1, 0.15) is 6.54 Å². The smallest absolute Gasteiger partial charge is 0.261 e. The van der Waals surface area contributed by atoms with E-state index in [0.717, 1.165) is 6.26 Å². The molecule has 1 heterocycles. The Bertz CT molecular complexity index is 1170. The first-order chi connectivity index (χ1) is 12.3. The standard InChI is InChI=1S/C17H14ClN3O4S/c1-26(24,25)11-6-7-13(18)15(8-11)20-16(22)9-21-10-19-14-5-3-2-4-12(14)17(21)23/h2-8,10H,9H2,1H3,(H,20,22). The van der Waals surface area contributed by atoms with Crippen LogP contribution < -0.4 is 10.9 Å². The van der Waals surface area contributed by atoms with Crippen molar-refractivity contribution < 1.29 is 13.2 Å². The van der Waals surface area contributed by atoms with Gasteiger partial charge in [-0.25, -0.2) is 13.4 Å². The van der Waals surface area contributed by atoms with E-state index in [1.54, 1.807) is 24.3 Å². The summed E-state index contributed by atoms with van der Waals surface area (Å²) in [5.41, 5.74) is 0.348. The monoisotopic (exact) mass is 391 g/mol. The Morgan fingerprint density at radius 3 is 2.69 bits per heavy atom. The van der Waals surface area contributed by atoms with Crippen molar-refractivity contribution in [3.05, 3.63) is 64.2 Å². The Kier molecular flexibility index (Phi) is 4.80. The van der Waals surface area contributed by atoms with Crippen molar-refractivity contribution >= 4 is 43.9 Å². The number of sulfone groups is 1. The Balaban J connectivity index is 1.86. The molecule has 3 aromatic rings. The summed E-state index contributed by atoms with van der Waals surface area (Å²) in [5.74, 6) is -0.531. The van der Waals surface area contributed by atoms with Crippen molar-refractivity contribution in [1.82, 2.24) is 9.55 Å². The fourth-order valence-corrected chi connectivity index (χ4v) is 3.21. The summed E-state index contributed by atoms with van der Waals surface area (Å²) in [7, 11) is -3.44. The molecule has 0 aliphatic heterocycles. The number of amides is 1. The number of rotatable bonds is 4. The number of anilines is 1. The van der Waals surface area contributed by atoms with E-state index < -0.39 is 15.7 Å². The van der Waals surface area contributed by atoms with Crippen LogP contribution in [-0.4, -0.2) is 30.1 Å². The van der Waals surface area contributed by atoms with Gasteiger partial charge in [-0.3, -0.25) is 14.2 Å². The molecule has 1 amide bonds. The van der Waals surface area contributed by atoms with Crippen LogP contribution in [0.15, 0.2) is 58.5 Å². The van der Waals surface area contributed by atoms with Gasteiger partial charge in [-0.15, -0.1) is 0 Å². The highest BCUT2D eigenvalue weighted by Crippen LogP contribution is 2.25. The number of carbonyl (C=O) groups is 1. The number of hydrogen-bond acceptors (Lipinski definition) is 5. The molecule has 0 spiro atoms. The highest BCUT2D eigenvalue weighted by molar-refractivity contribution is 7.90. The van der Waals surface area contributed by atoms with Gasteiger partial charge in [0.2, 0.25) is 5.91 Å². The molecule has 0 aliphatic carbocycles. The molecule has 2 aromatic carbocycles. The largest absolute Gasteiger partial charge is 0.323 e. The van der Waals surface area contributed by atoms with E-state index in [1.165, 1.54) is 29.1 Å². The molecule has 134 valence electrons. The van der Waals surface area contributed by atoms with Gasteiger partial charge in [-0.1, -0.05) is 23.7 Å². The summed E-state index contributed by atoms with van der Waals surface area (Å²) < 4.78 is 24.4. The third-order valence-corrected chi connectivity index (χ3v) is 5.13. The molecule has 0 saturated carbocycles. The summed E-state index contributed by atoms with van der Waals surface area (Å²) in [6, 6.07) is 10.8. The molecule has 26 heavy (non-hydrogen) atoms. The fraction of sp³-hybridized carbons (Fsp3) is 0.118. The van der Waals surface area contributed by atoms with E-state index in [2.05, 4.69) is 10.3 Å². The van der Waals surface area contributed by atoms with Crippen molar-refractivity contribution in [2.45, 2.75) is 11.4 Å². The molecule has 1 aromatic heterocycles. The number of halogens is 1. The number of aromatic nitrogens is 2. The van der Waals surface area contributed by atoms with Crippen molar-refractivity contribution in [2.24, 2.45) is 0 Å². The van der Waals surface area contributed by atoms with Gasteiger partial charge in [0, 0.05) is 6.26 Å². The van der Waals surface area contributed by atoms with Gasteiger partial charge < -0.3 is 5.32 Å². The molecule has 7 nitrogen and oxygen atoms in total. The minimum Gasteiger partial charge on any atom is -0.323 e. The molecule has 0 atom stereocenters. The van der Waals surface area contributed by atoms with E-state index in [1.807, 2.05) is 0 Å². The minimum absolute atomic E-state index is 0.0294. The second-order valence-electron chi connectivity index (χ2n) is 5.66. The highest BCUT2D eigenvalue weighted by atomic mass is 35.5. The van der Waals surface area contributed by atoms with Crippen molar-refractivity contribution in [3.63, 3.8) is 0 Å². The van der Waals surface area contributed by atoms with Gasteiger partial charge in [0.25, 0.3) is 5.56 Å². The summed E-state index contributed by atoms with van der Waals surface area (Å²) in [4.78, 5) is 28.9. The second kappa shape index (κ2) is 6.89. The van der Waals surface area contributed by atoms with Gasteiger partial charge in [-0.05, 0) is 30.3 Å². The predicted molar refractivity (Wildman–Crippen MR) is 99.2 cm³/mol.